The van der Waals surface area contributed by atoms with E-state index in [9.17, 15) is 13.0 Å². The number of rotatable bonds is 13. The molecule has 0 spiro atoms. The van der Waals surface area contributed by atoms with Crippen LogP contribution in [0.3, 0.4) is 0 Å². The van der Waals surface area contributed by atoms with Crippen molar-refractivity contribution in [2.24, 2.45) is 20.5 Å². The third-order valence-corrected chi connectivity index (χ3v) is 7.16. The molecule has 0 bridgehead atoms. The zero-order chi connectivity index (χ0) is 31.4. The molecule has 0 unspecified atom stereocenters. The Labute approximate surface area is 257 Å². The zero-order valence-electron chi connectivity index (χ0n) is 23.0. The number of terminal acetylenes is 1. The lowest BCUT2D eigenvalue weighted by molar-refractivity contribution is -0.432. The molecular formula is C30H24N4O8S2. The van der Waals surface area contributed by atoms with Crippen LogP contribution in [-0.2, 0) is 19.5 Å². The van der Waals surface area contributed by atoms with Crippen LogP contribution in [0.25, 0.3) is 12.2 Å². The molecular weight excluding hydrogens is 608 g/mol. The van der Waals surface area contributed by atoms with Crippen molar-refractivity contribution in [2.45, 2.75) is 16.7 Å². The first-order chi connectivity index (χ1) is 21.3. The van der Waals surface area contributed by atoms with Gasteiger partial charge in [0.2, 0.25) is 0 Å². The fourth-order valence-corrected chi connectivity index (χ4v) is 4.84. The molecule has 0 saturated carbocycles. The SMILES string of the molecule is C#COc1ccc(N=Nc2ccc(C=Cc3ccc(N=Nc4ccc(OCC)cc4)cc3SOOO)c(S(=O)(=O)O)c2)cc1. The maximum Gasteiger partial charge on any atom is 0.295 e. The third kappa shape index (κ3) is 9.31. The Kier molecular flexibility index (Phi) is 11.3. The van der Waals surface area contributed by atoms with Gasteiger partial charge < -0.3 is 9.47 Å². The summed E-state index contributed by atoms with van der Waals surface area (Å²) in [5.41, 5.74) is 2.45. The minimum atomic E-state index is -4.63. The summed E-state index contributed by atoms with van der Waals surface area (Å²) in [5.74, 6) is 1.17. The van der Waals surface area contributed by atoms with E-state index >= 15 is 0 Å². The van der Waals surface area contributed by atoms with Gasteiger partial charge in [0.05, 0.1) is 41.4 Å². The lowest BCUT2D eigenvalue weighted by Crippen LogP contribution is -2.00. The van der Waals surface area contributed by atoms with Crippen molar-refractivity contribution in [3.63, 3.8) is 0 Å². The van der Waals surface area contributed by atoms with Crippen LogP contribution in [0.4, 0.5) is 22.7 Å². The molecule has 4 aromatic rings. The minimum absolute atomic E-state index is 0.178. The van der Waals surface area contributed by atoms with E-state index in [4.69, 9.17) is 21.2 Å². The van der Waals surface area contributed by atoms with E-state index in [0.717, 1.165) is 5.75 Å². The highest BCUT2D eigenvalue weighted by molar-refractivity contribution is 7.94. The highest BCUT2D eigenvalue weighted by Gasteiger charge is 2.15. The van der Waals surface area contributed by atoms with Crippen LogP contribution in [0.1, 0.15) is 18.1 Å². The van der Waals surface area contributed by atoms with Gasteiger partial charge in [-0.25, -0.2) is 5.26 Å². The normalized spacial score (nSPS) is 11.8. The first-order valence-corrected chi connectivity index (χ1v) is 14.8. The molecule has 0 atom stereocenters. The van der Waals surface area contributed by atoms with Gasteiger partial charge in [0.25, 0.3) is 10.1 Å². The van der Waals surface area contributed by atoms with Crippen molar-refractivity contribution in [3.8, 4) is 24.0 Å². The van der Waals surface area contributed by atoms with Crippen molar-refractivity contribution in [3.05, 3.63) is 96.1 Å². The second-order valence-electron chi connectivity index (χ2n) is 8.52. The summed E-state index contributed by atoms with van der Waals surface area (Å²) in [4.78, 5) is 0.0730. The molecule has 0 aliphatic heterocycles. The van der Waals surface area contributed by atoms with Crippen molar-refractivity contribution >= 4 is 57.1 Å². The molecule has 2 N–H and O–H groups in total. The number of benzene rings is 4. The summed E-state index contributed by atoms with van der Waals surface area (Å²) in [6.07, 6.45) is 10.2. The molecule has 0 amide bonds. The molecule has 0 aliphatic rings. The summed E-state index contributed by atoms with van der Waals surface area (Å²) in [7, 11) is -4.63. The average molecular weight is 633 g/mol. The van der Waals surface area contributed by atoms with E-state index in [0.29, 0.717) is 51.9 Å². The van der Waals surface area contributed by atoms with Gasteiger partial charge in [-0.1, -0.05) is 35.7 Å². The lowest BCUT2D eigenvalue weighted by Gasteiger charge is -2.07. The zero-order valence-corrected chi connectivity index (χ0v) is 24.6. The van der Waals surface area contributed by atoms with Crippen molar-refractivity contribution in [2.75, 3.05) is 6.61 Å². The second kappa shape index (κ2) is 15.5. The van der Waals surface area contributed by atoms with E-state index in [1.807, 2.05) is 6.92 Å². The second-order valence-corrected chi connectivity index (χ2v) is 10.7. The quantitative estimate of drug-likeness (QED) is 0.0279. The summed E-state index contributed by atoms with van der Waals surface area (Å²) >= 11 is 0.691. The van der Waals surface area contributed by atoms with Gasteiger partial charge in [0.1, 0.15) is 22.5 Å². The average Bonchev–Trinajstić information content (AvgIpc) is 3.02. The number of ether oxygens (including phenoxy) is 2. The topological polar surface area (TPSA) is 161 Å². The van der Waals surface area contributed by atoms with Crippen molar-refractivity contribution in [1.29, 1.82) is 0 Å². The molecule has 4 rings (SSSR count). The van der Waals surface area contributed by atoms with Gasteiger partial charge in [0.15, 0.2) is 0 Å². The van der Waals surface area contributed by atoms with Gasteiger partial charge in [-0.05, 0) is 90.8 Å². The minimum Gasteiger partial charge on any atom is -0.494 e. The van der Waals surface area contributed by atoms with E-state index in [1.54, 1.807) is 72.8 Å². The van der Waals surface area contributed by atoms with E-state index < -0.39 is 10.1 Å². The first kappa shape index (κ1) is 32.0. The predicted molar refractivity (Wildman–Crippen MR) is 164 cm³/mol. The van der Waals surface area contributed by atoms with Crippen LogP contribution in [0.5, 0.6) is 11.5 Å². The first-order valence-electron chi connectivity index (χ1n) is 12.7. The number of hydrogen-bond donors (Lipinski definition) is 2. The van der Waals surface area contributed by atoms with Crippen LogP contribution in [0.2, 0.25) is 0 Å². The van der Waals surface area contributed by atoms with Crippen molar-refractivity contribution in [1.82, 2.24) is 0 Å². The van der Waals surface area contributed by atoms with E-state index in [-0.39, 0.29) is 16.1 Å². The lowest BCUT2D eigenvalue weighted by atomic mass is 10.1. The maximum atomic E-state index is 12.2. The number of hydrogen-bond acceptors (Lipinski definition) is 12. The molecule has 0 heterocycles. The highest BCUT2D eigenvalue weighted by Crippen LogP contribution is 2.32. The van der Waals surface area contributed by atoms with Crippen LogP contribution >= 0.6 is 12.0 Å². The Hall–Kier alpha value is -4.88. The summed E-state index contributed by atoms with van der Waals surface area (Å²) < 4.78 is 49.3. The Morgan fingerprint density at radius 3 is 1.89 bits per heavy atom. The van der Waals surface area contributed by atoms with Crippen LogP contribution in [0, 0.1) is 12.5 Å². The fourth-order valence-electron chi connectivity index (χ4n) is 3.63. The molecule has 14 heteroatoms. The fraction of sp³-hybridized carbons (Fsp3) is 0.0667. The number of azo groups is 2. The molecule has 0 radical (unpaired) electrons. The highest BCUT2D eigenvalue weighted by atomic mass is 32.2. The largest absolute Gasteiger partial charge is 0.494 e. The summed E-state index contributed by atoms with van der Waals surface area (Å²) in [5, 5.41) is 29.0. The van der Waals surface area contributed by atoms with Crippen LogP contribution in [0.15, 0.2) is 115 Å². The van der Waals surface area contributed by atoms with Gasteiger partial charge >= 0.3 is 0 Å². The molecule has 0 saturated heterocycles. The van der Waals surface area contributed by atoms with Gasteiger partial charge in [-0.15, -0.1) is 4.33 Å². The van der Waals surface area contributed by atoms with Crippen LogP contribution in [-0.4, -0.2) is 24.8 Å². The maximum absolute atomic E-state index is 12.2. The molecule has 12 nitrogen and oxygen atoms in total. The van der Waals surface area contributed by atoms with Crippen molar-refractivity contribution < 1.29 is 37.1 Å². The standard InChI is InChI=1S/C30H24N4O8S2/c1-3-39-27-15-11-23(12-16-27)31-33-25-9-7-21(29(19-25)43-42-41-35)5-6-22-8-10-26(20-30(22)44(36,37)38)34-32-24-13-17-28(18-14-24)40-4-2/h2,5-20,35H,3H2,1H3,(H,36,37,38). The smallest absolute Gasteiger partial charge is 0.295 e. The molecule has 44 heavy (non-hydrogen) atoms. The monoisotopic (exact) mass is 632 g/mol. The van der Waals surface area contributed by atoms with Gasteiger partial charge in [0, 0.05) is 4.90 Å². The Morgan fingerprint density at radius 1 is 0.795 bits per heavy atom. The molecule has 0 aromatic heterocycles. The van der Waals surface area contributed by atoms with Gasteiger partial charge in [-0.2, -0.15) is 28.9 Å². The van der Waals surface area contributed by atoms with E-state index in [1.165, 1.54) is 24.3 Å². The molecule has 0 aliphatic carbocycles. The molecule has 224 valence electrons. The third-order valence-electron chi connectivity index (χ3n) is 5.59. The Bertz CT molecular complexity index is 1820. The summed E-state index contributed by atoms with van der Waals surface area (Å²) in [6.45, 7) is 2.45. The van der Waals surface area contributed by atoms with Gasteiger partial charge in [-0.3, -0.25) is 4.55 Å². The number of nitrogens with zero attached hydrogens (tertiary/aromatic N) is 4. The predicted octanol–water partition coefficient (Wildman–Crippen LogP) is 8.73. The molecule has 4 aromatic carbocycles. The Balaban J connectivity index is 1.57. The molecule has 0 fully saturated rings. The van der Waals surface area contributed by atoms with Crippen LogP contribution < -0.4 is 9.47 Å². The van der Waals surface area contributed by atoms with E-state index in [2.05, 4.69) is 35.9 Å². The summed E-state index contributed by atoms with van der Waals surface area (Å²) in [6, 6.07) is 22.7. The Morgan fingerprint density at radius 2 is 1.32 bits per heavy atom.